The van der Waals surface area contributed by atoms with Crippen molar-refractivity contribution in [3.63, 3.8) is 0 Å². The summed E-state index contributed by atoms with van der Waals surface area (Å²) in [4.78, 5) is 17.7. The van der Waals surface area contributed by atoms with Gasteiger partial charge in [-0.25, -0.2) is 9.37 Å². The molecule has 0 saturated carbocycles. The molecular weight excluding hydrogens is 441 g/mol. The smallest absolute Gasteiger partial charge is 0.247 e. The van der Waals surface area contributed by atoms with Gasteiger partial charge < -0.3 is 14.6 Å². The quantitative estimate of drug-likeness (QED) is 0.425. The average molecular weight is 476 g/mol. The maximum atomic E-state index is 13.9. The molecule has 4 rings (SSSR count). The van der Waals surface area contributed by atoms with Crippen LogP contribution in [0.15, 0.2) is 60.6 Å². The van der Waals surface area contributed by atoms with Crippen LogP contribution in [-0.2, 0) is 4.79 Å². The van der Waals surface area contributed by atoms with Gasteiger partial charge in [-0.15, -0.1) is 0 Å². The van der Waals surface area contributed by atoms with Gasteiger partial charge in [-0.1, -0.05) is 44.4 Å². The zero-order chi connectivity index (χ0) is 24.8. The number of halogens is 1. The lowest BCUT2D eigenvalue weighted by molar-refractivity contribution is -0.118. The second-order valence-electron chi connectivity index (χ2n) is 9.35. The fraction of sp³-hybridized carbons (Fsp3) is 0.379. The second-order valence-corrected chi connectivity index (χ2v) is 9.35. The van der Waals surface area contributed by atoms with E-state index in [1.165, 1.54) is 12.1 Å². The number of nitrogens with one attached hydrogen (secondary N) is 1. The van der Waals surface area contributed by atoms with Gasteiger partial charge >= 0.3 is 0 Å². The van der Waals surface area contributed by atoms with Crippen LogP contribution in [-0.4, -0.2) is 22.6 Å². The predicted molar refractivity (Wildman–Crippen MR) is 137 cm³/mol. The first kappa shape index (κ1) is 24.7. The van der Waals surface area contributed by atoms with Crippen LogP contribution >= 0.6 is 0 Å². The molecule has 1 fully saturated rings. The molecule has 0 spiro atoms. The van der Waals surface area contributed by atoms with E-state index in [9.17, 15) is 9.18 Å². The van der Waals surface area contributed by atoms with Crippen molar-refractivity contribution in [3.8, 4) is 11.4 Å². The number of carbonyl (C=O) groups is 1. The highest BCUT2D eigenvalue weighted by Gasteiger charge is 2.22. The highest BCUT2D eigenvalue weighted by Crippen LogP contribution is 2.30. The van der Waals surface area contributed by atoms with Crippen molar-refractivity contribution in [2.24, 2.45) is 5.92 Å². The Morgan fingerprint density at radius 3 is 2.77 bits per heavy atom. The third kappa shape index (κ3) is 6.18. The zero-order valence-electron chi connectivity index (χ0n) is 20.8. The van der Waals surface area contributed by atoms with Gasteiger partial charge in [0.2, 0.25) is 5.91 Å². The Labute approximate surface area is 207 Å². The van der Waals surface area contributed by atoms with E-state index in [-0.39, 0.29) is 17.8 Å². The summed E-state index contributed by atoms with van der Waals surface area (Å²) in [7, 11) is 1.64. The van der Waals surface area contributed by atoms with E-state index in [0.29, 0.717) is 18.1 Å². The summed E-state index contributed by atoms with van der Waals surface area (Å²) in [5.41, 5.74) is 4.27. The molecule has 6 heteroatoms. The number of benzene rings is 2. The molecule has 35 heavy (non-hydrogen) atoms. The van der Waals surface area contributed by atoms with E-state index < -0.39 is 0 Å². The average Bonchev–Trinajstić information content (AvgIpc) is 3.30. The van der Waals surface area contributed by atoms with Gasteiger partial charge in [0.1, 0.15) is 11.6 Å². The molecule has 1 aliphatic heterocycles. The minimum atomic E-state index is -0.281. The number of hydrogen-bond donors (Lipinski definition) is 1. The van der Waals surface area contributed by atoms with E-state index in [4.69, 9.17) is 4.74 Å². The minimum Gasteiger partial charge on any atom is -0.495 e. The molecule has 0 radical (unpaired) electrons. The normalized spacial score (nSPS) is 20.5. The first-order valence-corrected chi connectivity index (χ1v) is 12.4. The molecule has 1 saturated heterocycles. The topological polar surface area (TPSA) is 56.2 Å². The lowest BCUT2D eigenvalue weighted by Gasteiger charge is -2.24. The fourth-order valence-electron chi connectivity index (χ4n) is 4.82. The molecule has 2 aromatic carbocycles. The molecule has 1 aromatic heterocycles. The lowest BCUT2D eigenvalue weighted by atomic mass is 9.88. The van der Waals surface area contributed by atoms with Gasteiger partial charge in [-0.3, -0.25) is 4.79 Å². The number of hydrogen-bond acceptors (Lipinski definition) is 3. The number of nitrogens with zero attached hydrogens (tertiary/aromatic N) is 2. The Bertz CT molecular complexity index is 1200. The molecule has 184 valence electrons. The maximum absolute atomic E-state index is 13.9. The van der Waals surface area contributed by atoms with Gasteiger partial charge in [-0.2, -0.15) is 0 Å². The van der Waals surface area contributed by atoms with Crippen LogP contribution < -0.4 is 10.1 Å². The summed E-state index contributed by atoms with van der Waals surface area (Å²) in [5, 5.41) is 3.18. The zero-order valence-corrected chi connectivity index (χ0v) is 20.8. The summed E-state index contributed by atoms with van der Waals surface area (Å²) < 4.78 is 21.5. The Balaban J connectivity index is 1.65. The van der Waals surface area contributed by atoms with Gasteiger partial charge in [0, 0.05) is 11.8 Å². The summed E-state index contributed by atoms with van der Waals surface area (Å²) in [6, 6.07) is 12.3. The van der Waals surface area contributed by atoms with Crippen LogP contribution in [0.3, 0.4) is 0 Å². The largest absolute Gasteiger partial charge is 0.495 e. The van der Waals surface area contributed by atoms with Gasteiger partial charge in [0.25, 0.3) is 0 Å². The number of carbonyl (C=O) groups excluding carboxylic acids is 1. The number of aryl methyl sites for hydroxylation is 1. The fourth-order valence-corrected chi connectivity index (χ4v) is 4.82. The Hall–Kier alpha value is -3.41. The first-order chi connectivity index (χ1) is 17.0. The van der Waals surface area contributed by atoms with Crippen LogP contribution in [0.5, 0.6) is 5.75 Å². The molecule has 2 heterocycles. The Kier molecular flexibility index (Phi) is 8.01. The summed E-state index contributed by atoms with van der Waals surface area (Å²) >= 11 is 0. The second kappa shape index (κ2) is 11.3. The van der Waals surface area contributed by atoms with Crippen LogP contribution in [0.2, 0.25) is 0 Å². The number of aromatic nitrogens is 2. The van der Waals surface area contributed by atoms with Crippen molar-refractivity contribution in [2.45, 2.75) is 58.4 Å². The first-order valence-electron chi connectivity index (χ1n) is 12.4. The number of amides is 1. The van der Waals surface area contributed by atoms with Gasteiger partial charge in [0.15, 0.2) is 0 Å². The monoisotopic (exact) mass is 475 g/mol. The number of ether oxygens (including phenoxy) is 1. The predicted octanol–water partition coefficient (Wildman–Crippen LogP) is 6.56. The number of methoxy groups -OCH3 is 1. The van der Waals surface area contributed by atoms with Gasteiger partial charge in [0.05, 0.1) is 30.9 Å². The van der Waals surface area contributed by atoms with E-state index >= 15 is 0 Å². The van der Waals surface area contributed by atoms with Crippen LogP contribution in [0.4, 0.5) is 4.39 Å². The molecule has 0 aliphatic carbocycles. The summed E-state index contributed by atoms with van der Waals surface area (Å²) in [5.74, 6) is 0.903. The molecular formula is C29H34FN3O2. The van der Waals surface area contributed by atoms with Gasteiger partial charge in [-0.05, 0) is 73.6 Å². The summed E-state index contributed by atoms with van der Waals surface area (Å²) in [6.07, 6.45) is 11.3. The van der Waals surface area contributed by atoms with Crippen molar-refractivity contribution >= 4 is 12.0 Å². The molecule has 2 atom stereocenters. The Morgan fingerprint density at radius 2 is 2.06 bits per heavy atom. The third-order valence-electron chi connectivity index (χ3n) is 6.89. The molecule has 1 amide bonds. The Morgan fingerprint density at radius 1 is 1.20 bits per heavy atom. The minimum absolute atomic E-state index is 0.0932. The standard InChI is InChI=1S/C29H34FN3O2/c1-4-21-7-5-10-26(23-8-6-9-25(30)17-23)32-29(34)24(13-11-21)15-22-12-14-27(28(16-22)35-3)33-18-20(2)31-19-33/h6,8-9,12,14-19,21,26H,4-5,7,10-11,13H2,1-3H3,(H,32,34)/b24-15+. The van der Waals surface area contributed by atoms with Crippen LogP contribution in [0.1, 0.15) is 68.3 Å². The van der Waals surface area contributed by atoms with E-state index in [0.717, 1.165) is 60.2 Å². The highest BCUT2D eigenvalue weighted by molar-refractivity contribution is 5.98. The lowest BCUT2D eigenvalue weighted by Crippen LogP contribution is -2.31. The van der Waals surface area contributed by atoms with E-state index in [1.807, 2.05) is 48.0 Å². The maximum Gasteiger partial charge on any atom is 0.247 e. The van der Waals surface area contributed by atoms with E-state index in [1.54, 1.807) is 19.5 Å². The van der Waals surface area contributed by atoms with Crippen LogP contribution in [0.25, 0.3) is 11.8 Å². The van der Waals surface area contributed by atoms with Crippen molar-refractivity contribution in [1.82, 2.24) is 14.9 Å². The SMILES string of the molecule is CCC1CCCC(c2cccc(F)c2)NC(=O)/C(=C/c2ccc(-n3cnc(C)c3)c(OC)c2)CC1. The van der Waals surface area contributed by atoms with Crippen molar-refractivity contribution in [2.75, 3.05) is 7.11 Å². The number of imidazole rings is 1. The third-order valence-corrected chi connectivity index (χ3v) is 6.89. The highest BCUT2D eigenvalue weighted by atomic mass is 19.1. The summed E-state index contributed by atoms with van der Waals surface area (Å²) in [6.45, 7) is 4.16. The molecule has 1 aliphatic rings. The van der Waals surface area contributed by atoms with Crippen molar-refractivity contribution < 1.29 is 13.9 Å². The van der Waals surface area contributed by atoms with E-state index in [2.05, 4.69) is 17.2 Å². The molecule has 0 bridgehead atoms. The molecule has 3 aromatic rings. The van der Waals surface area contributed by atoms with Crippen LogP contribution in [0, 0.1) is 18.7 Å². The van der Waals surface area contributed by atoms with Crippen molar-refractivity contribution in [1.29, 1.82) is 0 Å². The molecule has 2 unspecified atom stereocenters. The molecule has 1 N–H and O–H groups in total. The molecule has 5 nitrogen and oxygen atoms in total. The van der Waals surface area contributed by atoms with Crippen molar-refractivity contribution in [3.05, 3.63) is 83.2 Å². The number of rotatable bonds is 5.